The summed E-state index contributed by atoms with van der Waals surface area (Å²) in [5.74, 6) is 1.09. The smallest absolute Gasteiger partial charge is 0.410 e. The van der Waals surface area contributed by atoms with Crippen molar-refractivity contribution in [1.82, 2.24) is 14.9 Å². The molecule has 1 aromatic carbocycles. The first-order chi connectivity index (χ1) is 16.7. The first-order valence-electron chi connectivity index (χ1n) is 12.3. The quantitative estimate of drug-likeness (QED) is 0.574. The first kappa shape index (κ1) is 24.9. The second-order valence-electron chi connectivity index (χ2n) is 10.4. The van der Waals surface area contributed by atoms with Gasteiger partial charge in [-0.25, -0.2) is 14.2 Å². The number of carbonyl (C=O) groups is 1. The van der Waals surface area contributed by atoms with Gasteiger partial charge in [-0.2, -0.15) is 0 Å². The average Bonchev–Trinajstić information content (AvgIpc) is 2.83. The molecule has 0 spiro atoms. The molecule has 2 aliphatic rings. The number of rotatable bonds is 5. The average molecular weight is 483 g/mol. The van der Waals surface area contributed by atoms with Crippen LogP contribution in [0.15, 0.2) is 42.2 Å². The summed E-state index contributed by atoms with van der Waals surface area (Å²) in [7, 11) is 0. The summed E-state index contributed by atoms with van der Waals surface area (Å²) in [6.45, 7) is 10.9. The molecule has 2 aliphatic heterocycles. The summed E-state index contributed by atoms with van der Waals surface area (Å²) in [6.07, 6.45) is 6.08. The molecule has 1 atom stereocenters. The van der Waals surface area contributed by atoms with E-state index in [9.17, 15) is 9.18 Å². The summed E-state index contributed by atoms with van der Waals surface area (Å²) in [4.78, 5) is 25.9. The highest BCUT2D eigenvalue weighted by Crippen LogP contribution is 2.29. The van der Waals surface area contributed by atoms with Gasteiger partial charge in [0, 0.05) is 32.1 Å². The van der Waals surface area contributed by atoms with Crippen LogP contribution in [0.3, 0.4) is 0 Å². The van der Waals surface area contributed by atoms with E-state index in [1.807, 2.05) is 27.7 Å². The number of anilines is 1. The zero-order valence-corrected chi connectivity index (χ0v) is 21.1. The molecule has 1 unspecified atom stereocenters. The Morgan fingerprint density at radius 3 is 2.74 bits per heavy atom. The van der Waals surface area contributed by atoms with Crippen molar-refractivity contribution in [2.45, 2.75) is 52.6 Å². The van der Waals surface area contributed by atoms with Crippen LogP contribution in [0.2, 0.25) is 0 Å². The molecule has 2 aromatic rings. The van der Waals surface area contributed by atoms with Gasteiger partial charge in [0.05, 0.1) is 24.7 Å². The molecule has 7 nitrogen and oxygen atoms in total. The number of hydrogen-bond acceptors (Lipinski definition) is 6. The molecule has 0 N–H and O–H groups in total. The molecule has 1 fully saturated rings. The zero-order valence-electron chi connectivity index (χ0n) is 21.1. The number of nitrogens with zero attached hydrogens (tertiary/aromatic N) is 4. The molecule has 0 saturated carbocycles. The first-order valence-corrected chi connectivity index (χ1v) is 12.3. The molecule has 3 heterocycles. The highest BCUT2D eigenvalue weighted by atomic mass is 19.1. The van der Waals surface area contributed by atoms with Crippen LogP contribution in [-0.4, -0.2) is 59.3 Å². The molecule has 4 rings (SSSR count). The van der Waals surface area contributed by atoms with E-state index in [1.54, 1.807) is 35.5 Å². The van der Waals surface area contributed by atoms with Gasteiger partial charge in [0.2, 0.25) is 0 Å². The van der Waals surface area contributed by atoms with Gasteiger partial charge in [-0.1, -0.05) is 12.1 Å². The number of ether oxygens (including phenoxy) is 2. The van der Waals surface area contributed by atoms with E-state index in [4.69, 9.17) is 14.5 Å². The molecule has 0 radical (unpaired) electrons. The van der Waals surface area contributed by atoms with Crippen LogP contribution in [0.1, 0.15) is 52.7 Å². The lowest BCUT2D eigenvalue weighted by molar-refractivity contribution is 0.0264. The molecule has 1 amide bonds. The third-order valence-electron chi connectivity index (χ3n) is 6.31. The lowest BCUT2D eigenvalue weighted by Gasteiger charge is -2.34. The molecule has 0 bridgehead atoms. The van der Waals surface area contributed by atoms with Gasteiger partial charge in [0.1, 0.15) is 11.4 Å². The highest BCUT2D eigenvalue weighted by molar-refractivity contribution is 5.73. The summed E-state index contributed by atoms with van der Waals surface area (Å²) >= 11 is 0. The highest BCUT2D eigenvalue weighted by Gasteiger charge is 2.27. The Morgan fingerprint density at radius 1 is 1.20 bits per heavy atom. The lowest BCUT2D eigenvalue weighted by Crippen LogP contribution is -2.40. The maximum absolute atomic E-state index is 13.9. The van der Waals surface area contributed by atoms with Crippen LogP contribution in [0.4, 0.5) is 15.0 Å². The Balaban J connectivity index is 1.41. The number of para-hydroxylation sites is 1. The van der Waals surface area contributed by atoms with Gasteiger partial charge >= 0.3 is 6.09 Å². The molecular weight excluding hydrogens is 447 g/mol. The zero-order chi connectivity index (χ0) is 25.0. The molecule has 188 valence electrons. The third-order valence-corrected chi connectivity index (χ3v) is 6.31. The minimum Gasteiger partial charge on any atom is -0.490 e. The molecular formula is C27H35FN4O3. The van der Waals surface area contributed by atoms with Crippen molar-refractivity contribution in [2.24, 2.45) is 5.92 Å². The number of aromatic nitrogens is 2. The summed E-state index contributed by atoms with van der Waals surface area (Å²) < 4.78 is 25.2. The predicted octanol–water partition coefficient (Wildman–Crippen LogP) is 5.33. The third kappa shape index (κ3) is 6.50. The van der Waals surface area contributed by atoms with Crippen molar-refractivity contribution in [1.29, 1.82) is 0 Å². The predicted molar refractivity (Wildman–Crippen MR) is 134 cm³/mol. The van der Waals surface area contributed by atoms with Crippen LogP contribution in [0.5, 0.6) is 5.75 Å². The molecule has 1 aromatic heterocycles. The molecule has 35 heavy (non-hydrogen) atoms. The number of halogens is 1. The van der Waals surface area contributed by atoms with Gasteiger partial charge in [-0.3, -0.25) is 4.98 Å². The van der Waals surface area contributed by atoms with Crippen LogP contribution in [0, 0.1) is 11.7 Å². The van der Waals surface area contributed by atoms with Gasteiger partial charge in [0.15, 0.2) is 11.6 Å². The Morgan fingerprint density at radius 2 is 2.00 bits per heavy atom. The normalized spacial score (nSPS) is 19.1. The Kier molecular flexibility index (Phi) is 7.57. The lowest BCUT2D eigenvalue weighted by atomic mass is 9.98. The fourth-order valence-corrected chi connectivity index (χ4v) is 4.58. The minimum atomic E-state index is -0.513. The van der Waals surface area contributed by atoms with Gasteiger partial charge in [-0.15, -0.1) is 0 Å². The topological polar surface area (TPSA) is 67.8 Å². The molecule has 1 saturated heterocycles. The van der Waals surface area contributed by atoms with Crippen molar-refractivity contribution in [2.75, 3.05) is 37.7 Å². The van der Waals surface area contributed by atoms with Crippen LogP contribution >= 0.6 is 0 Å². The van der Waals surface area contributed by atoms with E-state index in [1.165, 1.54) is 6.07 Å². The van der Waals surface area contributed by atoms with E-state index in [0.717, 1.165) is 48.6 Å². The number of amides is 1. The molecule has 8 heteroatoms. The summed E-state index contributed by atoms with van der Waals surface area (Å²) in [5.41, 5.74) is 2.58. The SMILES string of the molecule is CC1=C(c2cncc(N3CCCC(COc4ccccc4F)C3)n2)CCN(C(=O)OC(C)(C)C)C1. The Hall–Kier alpha value is -3.16. The van der Waals surface area contributed by atoms with Crippen molar-refractivity contribution in [3.63, 3.8) is 0 Å². The largest absolute Gasteiger partial charge is 0.490 e. The number of hydrogen-bond donors (Lipinski definition) is 0. The van der Waals surface area contributed by atoms with E-state index < -0.39 is 5.60 Å². The van der Waals surface area contributed by atoms with E-state index in [-0.39, 0.29) is 17.8 Å². The van der Waals surface area contributed by atoms with Crippen LogP contribution < -0.4 is 9.64 Å². The monoisotopic (exact) mass is 482 g/mol. The van der Waals surface area contributed by atoms with Crippen LogP contribution in [0.25, 0.3) is 5.57 Å². The Labute approximate surface area is 207 Å². The summed E-state index contributed by atoms with van der Waals surface area (Å²) in [5, 5.41) is 0. The van der Waals surface area contributed by atoms with Crippen molar-refractivity contribution < 1.29 is 18.7 Å². The van der Waals surface area contributed by atoms with Gasteiger partial charge in [0.25, 0.3) is 0 Å². The summed E-state index contributed by atoms with van der Waals surface area (Å²) in [6, 6.07) is 6.52. The second kappa shape index (κ2) is 10.6. The number of carbonyl (C=O) groups excluding carboxylic acids is 1. The van der Waals surface area contributed by atoms with Crippen molar-refractivity contribution >= 4 is 17.5 Å². The van der Waals surface area contributed by atoms with Gasteiger partial charge in [-0.05, 0) is 70.2 Å². The fraction of sp³-hybridized carbons (Fsp3) is 0.519. The van der Waals surface area contributed by atoms with E-state index in [2.05, 4.69) is 9.88 Å². The number of piperidine rings is 1. The van der Waals surface area contributed by atoms with Gasteiger partial charge < -0.3 is 19.3 Å². The second-order valence-corrected chi connectivity index (χ2v) is 10.4. The van der Waals surface area contributed by atoms with Crippen LogP contribution in [-0.2, 0) is 4.74 Å². The van der Waals surface area contributed by atoms with Crippen molar-refractivity contribution in [3.8, 4) is 5.75 Å². The maximum Gasteiger partial charge on any atom is 0.410 e. The van der Waals surface area contributed by atoms with Crippen molar-refractivity contribution in [3.05, 3.63) is 53.7 Å². The van der Waals surface area contributed by atoms with E-state index in [0.29, 0.717) is 31.9 Å². The number of benzene rings is 1. The fourth-order valence-electron chi connectivity index (χ4n) is 4.58. The standard InChI is InChI=1S/C27H35FN4O3/c1-19-16-32(26(33)35-27(2,3)4)13-11-21(19)23-14-29-15-25(30-23)31-12-7-8-20(17-31)18-34-24-10-6-5-9-22(24)28/h5-6,9-10,14-15,20H,7-8,11-13,16-18H2,1-4H3. The van der Waals surface area contributed by atoms with E-state index >= 15 is 0 Å². The molecule has 0 aliphatic carbocycles. The maximum atomic E-state index is 13.9. The Bertz CT molecular complexity index is 1080. The minimum absolute atomic E-state index is 0.284.